The molecule has 0 aliphatic heterocycles. The highest BCUT2D eigenvalue weighted by Crippen LogP contribution is 2.24. The molecule has 3 aromatic rings. The number of anilines is 2. The maximum atomic E-state index is 12.2. The van der Waals surface area contributed by atoms with Crippen LogP contribution in [0.1, 0.15) is 28.7 Å². The molecule has 0 radical (unpaired) electrons. The van der Waals surface area contributed by atoms with Crippen LogP contribution >= 0.6 is 0 Å². The largest absolute Gasteiger partial charge is 0.462 e. The van der Waals surface area contributed by atoms with Crippen molar-refractivity contribution in [1.82, 2.24) is 24.7 Å². The first kappa shape index (κ1) is 17.0. The van der Waals surface area contributed by atoms with Gasteiger partial charge in [0.2, 0.25) is 0 Å². The molecule has 1 N–H and O–H groups in total. The van der Waals surface area contributed by atoms with Gasteiger partial charge in [0.15, 0.2) is 11.6 Å². The number of carbonyl (C=O) groups is 1. The molecule has 0 atom stereocenters. The lowest BCUT2D eigenvalue weighted by Crippen LogP contribution is -2.13. The van der Waals surface area contributed by atoms with E-state index in [1.807, 2.05) is 0 Å². The van der Waals surface area contributed by atoms with Gasteiger partial charge >= 0.3 is 5.97 Å². The molecule has 0 amide bonds. The Bertz CT molecular complexity index is 977. The molecule has 3 heterocycles. The maximum Gasteiger partial charge on any atom is 0.343 e. The van der Waals surface area contributed by atoms with Gasteiger partial charge in [0.05, 0.1) is 12.8 Å². The van der Waals surface area contributed by atoms with E-state index in [4.69, 9.17) is 4.74 Å². The number of ether oxygens (including phenoxy) is 1. The summed E-state index contributed by atoms with van der Waals surface area (Å²) in [6.07, 6.45) is 4.41. The Morgan fingerprint density at radius 1 is 1.35 bits per heavy atom. The molecule has 3 rings (SSSR count). The van der Waals surface area contributed by atoms with E-state index in [1.165, 1.54) is 17.1 Å². The lowest BCUT2D eigenvalue weighted by molar-refractivity contribution is 0.0526. The number of aryl methyl sites for hydroxylation is 1. The van der Waals surface area contributed by atoms with Gasteiger partial charge < -0.3 is 10.1 Å². The number of hydrogen-bond acceptors (Lipinski definition) is 8. The molecule has 0 saturated heterocycles. The molecule has 26 heavy (non-hydrogen) atoms. The van der Waals surface area contributed by atoms with E-state index >= 15 is 0 Å². The van der Waals surface area contributed by atoms with Gasteiger partial charge in [0.1, 0.15) is 28.8 Å². The van der Waals surface area contributed by atoms with Crippen molar-refractivity contribution in [1.29, 1.82) is 5.26 Å². The van der Waals surface area contributed by atoms with E-state index in [0.717, 1.165) is 0 Å². The normalized spacial score (nSPS) is 10.2. The molecule has 9 heteroatoms. The van der Waals surface area contributed by atoms with Gasteiger partial charge in [0.25, 0.3) is 0 Å². The molecule has 0 aromatic carbocycles. The first-order valence-electron chi connectivity index (χ1n) is 7.81. The number of pyridine rings is 1. The number of aromatic nitrogens is 5. The van der Waals surface area contributed by atoms with Crippen LogP contribution in [0.2, 0.25) is 0 Å². The van der Waals surface area contributed by atoms with E-state index in [1.54, 1.807) is 38.2 Å². The Morgan fingerprint density at radius 2 is 2.19 bits per heavy atom. The highest BCUT2D eigenvalue weighted by Gasteiger charge is 2.19. The van der Waals surface area contributed by atoms with Crippen molar-refractivity contribution >= 4 is 17.6 Å². The summed E-state index contributed by atoms with van der Waals surface area (Å²) in [7, 11) is 0. The summed E-state index contributed by atoms with van der Waals surface area (Å²) in [5.41, 5.74) is 0.442. The molecule has 3 aromatic heterocycles. The Labute approximate surface area is 149 Å². The van der Waals surface area contributed by atoms with Crippen molar-refractivity contribution in [3.05, 3.63) is 53.7 Å². The van der Waals surface area contributed by atoms with Crippen molar-refractivity contribution < 1.29 is 9.53 Å². The molecular formula is C17H15N7O2. The fraction of sp³-hybridized carbons (Fsp3) is 0.176. The van der Waals surface area contributed by atoms with Gasteiger partial charge in [-0.1, -0.05) is 6.07 Å². The molecule has 9 nitrogen and oxygen atoms in total. The number of hydrogen-bond donors (Lipinski definition) is 1. The Kier molecular flexibility index (Phi) is 4.85. The van der Waals surface area contributed by atoms with Crippen molar-refractivity contribution in [2.45, 2.75) is 13.8 Å². The number of nitrogens with zero attached hydrogens (tertiary/aromatic N) is 6. The summed E-state index contributed by atoms with van der Waals surface area (Å²) in [6.45, 7) is 3.63. The Hall–Kier alpha value is -3.80. The quantitative estimate of drug-likeness (QED) is 0.696. The van der Waals surface area contributed by atoms with E-state index in [2.05, 4.69) is 31.4 Å². The van der Waals surface area contributed by atoms with Crippen LogP contribution in [0.25, 0.3) is 5.82 Å². The van der Waals surface area contributed by atoms with E-state index in [0.29, 0.717) is 17.5 Å². The fourth-order valence-electron chi connectivity index (χ4n) is 2.24. The van der Waals surface area contributed by atoms with Crippen LogP contribution in [0.5, 0.6) is 0 Å². The minimum Gasteiger partial charge on any atom is -0.462 e. The maximum absolute atomic E-state index is 12.2. The van der Waals surface area contributed by atoms with Crippen molar-refractivity contribution in [2.24, 2.45) is 0 Å². The summed E-state index contributed by atoms with van der Waals surface area (Å²) >= 11 is 0. The van der Waals surface area contributed by atoms with E-state index in [-0.39, 0.29) is 23.6 Å². The third-order valence-corrected chi connectivity index (χ3v) is 3.40. The zero-order valence-corrected chi connectivity index (χ0v) is 14.2. The van der Waals surface area contributed by atoms with Gasteiger partial charge in [-0.3, -0.25) is 0 Å². The molecule has 0 saturated carbocycles. The standard InChI is InChI=1S/C17H15N7O2/c1-3-26-17(25)13-10-20-11(2)22-15(13)23-16-12(8-18)9-21-24(16)14-6-4-5-7-19-14/h4-7,9-10H,3H2,1-2H3,(H,20,22,23). The predicted molar refractivity (Wildman–Crippen MR) is 92.1 cm³/mol. The van der Waals surface area contributed by atoms with Crippen LogP contribution in [0.3, 0.4) is 0 Å². The second kappa shape index (κ2) is 7.40. The van der Waals surface area contributed by atoms with Gasteiger partial charge in [0, 0.05) is 12.4 Å². The number of rotatable bonds is 5. The summed E-state index contributed by atoms with van der Waals surface area (Å²) < 4.78 is 6.50. The smallest absolute Gasteiger partial charge is 0.343 e. The first-order chi connectivity index (χ1) is 12.6. The van der Waals surface area contributed by atoms with Crippen LogP contribution in [0.15, 0.2) is 36.8 Å². The number of carbonyl (C=O) groups excluding carboxylic acids is 1. The lowest BCUT2D eigenvalue weighted by atomic mass is 10.3. The van der Waals surface area contributed by atoms with E-state index in [9.17, 15) is 10.1 Å². The van der Waals surface area contributed by atoms with E-state index < -0.39 is 5.97 Å². The monoisotopic (exact) mass is 349 g/mol. The molecule has 130 valence electrons. The second-order valence-corrected chi connectivity index (χ2v) is 5.14. The highest BCUT2D eigenvalue weighted by atomic mass is 16.5. The molecule has 0 bridgehead atoms. The first-order valence-corrected chi connectivity index (χ1v) is 7.81. The van der Waals surface area contributed by atoms with Crippen molar-refractivity contribution in [2.75, 3.05) is 11.9 Å². The van der Waals surface area contributed by atoms with Gasteiger partial charge in [-0.05, 0) is 26.0 Å². The zero-order chi connectivity index (χ0) is 18.5. The summed E-state index contributed by atoms with van der Waals surface area (Å²) in [6, 6.07) is 7.39. The van der Waals surface area contributed by atoms with Crippen LogP contribution in [-0.2, 0) is 4.74 Å². The lowest BCUT2D eigenvalue weighted by Gasteiger charge is -2.12. The van der Waals surface area contributed by atoms with Gasteiger partial charge in [-0.25, -0.2) is 19.7 Å². The average molecular weight is 349 g/mol. The molecule has 0 spiro atoms. The summed E-state index contributed by atoms with van der Waals surface area (Å²) in [4.78, 5) is 24.7. The highest BCUT2D eigenvalue weighted by molar-refractivity contribution is 5.95. The molecule has 0 aliphatic carbocycles. The number of nitriles is 1. The zero-order valence-electron chi connectivity index (χ0n) is 14.2. The topological polar surface area (TPSA) is 119 Å². The van der Waals surface area contributed by atoms with Gasteiger partial charge in [-0.2, -0.15) is 15.0 Å². The fourth-order valence-corrected chi connectivity index (χ4v) is 2.24. The minimum atomic E-state index is -0.558. The Balaban J connectivity index is 2.07. The van der Waals surface area contributed by atoms with Gasteiger partial charge in [-0.15, -0.1) is 0 Å². The SMILES string of the molecule is CCOC(=O)c1cnc(C)nc1Nc1c(C#N)cnn1-c1ccccn1. The summed E-state index contributed by atoms with van der Waals surface area (Å²) in [5.74, 6) is 0.986. The molecule has 0 unspecified atom stereocenters. The molecule has 0 aliphatic rings. The third kappa shape index (κ3) is 3.34. The predicted octanol–water partition coefficient (Wildman–Crippen LogP) is 2.16. The van der Waals surface area contributed by atoms with Crippen LogP contribution in [-0.4, -0.2) is 37.3 Å². The number of esters is 1. The average Bonchev–Trinajstić information content (AvgIpc) is 3.05. The van der Waals surface area contributed by atoms with Crippen molar-refractivity contribution in [3.63, 3.8) is 0 Å². The molecular weight excluding hydrogens is 334 g/mol. The third-order valence-electron chi connectivity index (χ3n) is 3.40. The molecule has 0 fully saturated rings. The number of nitrogens with one attached hydrogen (secondary N) is 1. The van der Waals surface area contributed by atoms with Crippen molar-refractivity contribution in [3.8, 4) is 11.9 Å². The summed E-state index contributed by atoms with van der Waals surface area (Å²) in [5, 5.41) is 16.6. The second-order valence-electron chi connectivity index (χ2n) is 5.14. The van der Waals surface area contributed by atoms with Crippen LogP contribution < -0.4 is 5.32 Å². The van der Waals surface area contributed by atoms with Crippen LogP contribution in [0, 0.1) is 18.3 Å². The van der Waals surface area contributed by atoms with Crippen LogP contribution in [0.4, 0.5) is 11.6 Å². The minimum absolute atomic E-state index is 0.162. The Morgan fingerprint density at radius 3 is 2.88 bits per heavy atom.